The standard InChI is InChI=1S/2C19H26N2.2C19H24N2.8C2H6/c2*1-6-15-8-9-17-11-16(7-2)19(12-18(17)10-15)14(5)21-20-13(3)4;2*1-6-15-9-8-10-19-16(7-2)17(11-12-18(15)19)14(5)21-20-13(3)4;8*1-2/h2*8-13,20H,6-7H2,1-5H3;2*8-12H,6-7H2,1-5H3;8*1-2H3/b2*21-14-;2*21-14+;;;;;;;;. The predicted molar refractivity (Wildman–Crippen MR) is 465 cm³/mol. The highest BCUT2D eigenvalue weighted by Crippen LogP contribution is 2.30. The molecular formula is C92H148N8. The van der Waals surface area contributed by atoms with Crippen LogP contribution in [0.3, 0.4) is 0 Å². The van der Waals surface area contributed by atoms with Crippen LogP contribution in [-0.4, -0.2) is 46.4 Å². The van der Waals surface area contributed by atoms with Gasteiger partial charge in [0, 0.05) is 45.8 Å². The number of hydrazone groups is 2. The number of aryl methyl sites for hydroxylation is 8. The molecular weight excluding hydrogens is 1220 g/mol. The Balaban J connectivity index is -0.000000574. The van der Waals surface area contributed by atoms with Gasteiger partial charge in [-0.05, 0) is 234 Å². The Morgan fingerprint density at radius 2 is 0.590 bits per heavy atom. The van der Waals surface area contributed by atoms with Crippen molar-refractivity contribution in [2.24, 2.45) is 30.6 Å². The molecule has 0 atom stereocenters. The number of rotatable bonds is 18. The third-order valence-electron chi connectivity index (χ3n) is 15.2. The SMILES string of the molecule is CC.CC.CC.CC.CC.CC.CC.CC.CCc1ccc2cc(CC)c(/C(C)=N\NC(C)C)cc2c1.CCc1ccc2cc(CC)c(/C(C)=N\NC(C)C)cc2c1.CCc1cccc2c(CC)c(/C(C)=N/N=C(C)C)ccc12.CCc1cccc2c(CC)c(/C(C)=N/N=C(C)C)ccc12. The molecule has 0 radical (unpaired) electrons. The second kappa shape index (κ2) is 59.1. The summed E-state index contributed by atoms with van der Waals surface area (Å²) in [5, 5.41) is 36.8. The fourth-order valence-corrected chi connectivity index (χ4v) is 10.5. The van der Waals surface area contributed by atoms with Crippen molar-refractivity contribution in [1.82, 2.24) is 10.9 Å². The number of hydrogen-bond donors (Lipinski definition) is 2. The third-order valence-corrected chi connectivity index (χ3v) is 15.2. The van der Waals surface area contributed by atoms with E-state index in [9.17, 15) is 0 Å². The van der Waals surface area contributed by atoms with Crippen molar-refractivity contribution < 1.29 is 0 Å². The van der Waals surface area contributed by atoms with Crippen LogP contribution in [0.4, 0.5) is 0 Å². The number of nitrogens with one attached hydrogen (secondary N) is 2. The van der Waals surface area contributed by atoms with Gasteiger partial charge in [-0.1, -0.05) is 275 Å². The largest absolute Gasteiger partial charge is 0.307 e. The predicted octanol–water partition coefficient (Wildman–Crippen LogP) is 27.9. The van der Waals surface area contributed by atoms with E-state index in [1.165, 1.54) is 110 Å². The summed E-state index contributed by atoms with van der Waals surface area (Å²) < 4.78 is 0. The van der Waals surface area contributed by atoms with Gasteiger partial charge in [-0.3, -0.25) is 0 Å². The molecule has 556 valence electrons. The second-order valence-electron chi connectivity index (χ2n) is 22.8. The van der Waals surface area contributed by atoms with E-state index >= 15 is 0 Å². The van der Waals surface area contributed by atoms with Gasteiger partial charge in [0.05, 0.1) is 22.8 Å². The third kappa shape index (κ3) is 32.8. The maximum atomic E-state index is 4.52. The molecule has 2 N–H and O–H groups in total. The van der Waals surface area contributed by atoms with Crippen LogP contribution in [0.25, 0.3) is 43.1 Å². The maximum Gasteiger partial charge on any atom is 0.0674 e. The van der Waals surface area contributed by atoms with Crippen molar-refractivity contribution in [2.45, 2.75) is 313 Å². The number of benzene rings is 8. The minimum atomic E-state index is 0.358. The Bertz CT molecular complexity index is 3450. The maximum absolute atomic E-state index is 4.52. The van der Waals surface area contributed by atoms with Crippen LogP contribution in [0.5, 0.6) is 0 Å². The van der Waals surface area contributed by atoms with E-state index in [0.29, 0.717) is 12.1 Å². The summed E-state index contributed by atoms with van der Waals surface area (Å²) in [5.74, 6) is 0. The molecule has 0 spiro atoms. The summed E-state index contributed by atoms with van der Waals surface area (Å²) in [7, 11) is 0. The summed E-state index contributed by atoms with van der Waals surface area (Å²) in [6, 6.07) is 45.4. The Hall–Kier alpha value is -7.58. The van der Waals surface area contributed by atoms with Crippen molar-refractivity contribution in [3.05, 3.63) is 188 Å². The molecule has 0 unspecified atom stereocenters. The van der Waals surface area contributed by atoms with Crippen LogP contribution >= 0.6 is 0 Å². The quantitative estimate of drug-likeness (QED) is 0.0661. The molecule has 0 aliphatic heterocycles. The Morgan fingerprint density at radius 3 is 0.850 bits per heavy atom. The first-order valence-corrected chi connectivity index (χ1v) is 39.2. The molecule has 0 amide bonds. The first-order valence-electron chi connectivity index (χ1n) is 39.2. The molecule has 0 aliphatic rings. The van der Waals surface area contributed by atoms with Crippen LogP contribution in [0.1, 0.15) is 316 Å². The van der Waals surface area contributed by atoms with Crippen LogP contribution in [0.15, 0.2) is 152 Å². The zero-order valence-electron chi connectivity index (χ0n) is 71.0. The van der Waals surface area contributed by atoms with E-state index < -0.39 is 0 Å². The number of fused-ring (bicyclic) bond motifs is 4. The van der Waals surface area contributed by atoms with Crippen molar-refractivity contribution in [3.8, 4) is 0 Å². The van der Waals surface area contributed by atoms with E-state index in [1.54, 1.807) is 0 Å². The molecule has 0 aromatic heterocycles. The lowest BCUT2D eigenvalue weighted by molar-refractivity contribution is 0.620. The molecule has 0 saturated carbocycles. The molecule has 0 saturated heterocycles. The molecule has 0 heterocycles. The average Bonchev–Trinajstić information content (AvgIpc) is 0.799. The highest BCUT2D eigenvalue weighted by atomic mass is 15.3. The second-order valence-corrected chi connectivity index (χ2v) is 22.8. The van der Waals surface area contributed by atoms with Crippen molar-refractivity contribution in [1.29, 1.82) is 0 Å². The van der Waals surface area contributed by atoms with Crippen LogP contribution in [-0.2, 0) is 51.4 Å². The zero-order valence-corrected chi connectivity index (χ0v) is 71.0. The van der Waals surface area contributed by atoms with Gasteiger partial charge in [-0.25, -0.2) is 0 Å². The fourth-order valence-electron chi connectivity index (χ4n) is 10.5. The number of nitrogens with zero attached hydrogens (tertiary/aromatic N) is 6. The molecule has 0 aliphatic carbocycles. The van der Waals surface area contributed by atoms with Gasteiger partial charge >= 0.3 is 0 Å². The van der Waals surface area contributed by atoms with E-state index in [0.717, 1.165) is 85.6 Å². The van der Waals surface area contributed by atoms with E-state index in [4.69, 9.17) is 0 Å². The molecule has 0 fully saturated rings. The highest BCUT2D eigenvalue weighted by Gasteiger charge is 2.14. The van der Waals surface area contributed by atoms with Crippen molar-refractivity contribution in [3.63, 3.8) is 0 Å². The minimum absolute atomic E-state index is 0.358. The van der Waals surface area contributed by atoms with E-state index in [1.807, 2.05) is 152 Å². The van der Waals surface area contributed by atoms with E-state index in [-0.39, 0.29) is 0 Å². The van der Waals surface area contributed by atoms with E-state index in [2.05, 4.69) is 260 Å². The van der Waals surface area contributed by atoms with Gasteiger partial charge in [0.2, 0.25) is 0 Å². The monoisotopic (exact) mass is 1370 g/mol. The first kappa shape index (κ1) is 98.8. The van der Waals surface area contributed by atoms with Gasteiger partial charge < -0.3 is 10.9 Å². The van der Waals surface area contributed by atoms with Gasteiger partial charge in [-0.15, -0.1) is 0 Å². The lowest BCUT2D eigenvalue weighted by atomic mass is 9.92. The van der Waals surface area contributed by atoms with Gasteiger partial charge in [0.25, 0.3) is 0 Å². The van der Waals surface area contributed by atoms with Gasteiger partial charge in [0.1, 0.15) is 0 Å². The van der Waals surface area contributed by atoms with Gasteiger partial charge in [-0.2, -0.15) is 30.6 Å². The molecule has 8 aromatic rings. The summed E-state index contributed by atoms with van der Waals surface area (Å²) in [4.78, 5) is 0. The zero-order chi connectivity index (χ0) is 77.6. The Labute approximate surface area is 616 Å². The molecule has 8 aromatic carbocycles. The number of hydrogen-bond acceptors (Lipinski definition) is 8. The summed E-state index contributed by atoms with van der Waals surface area (Å²) >= 11 is 0. The Morgan fingerprint density at radius 1 is 0.280 bits per heavy atom. The van der Waals surface area contributed by atoms with Crippen LogP contribution < -0.4 is 10.9 Å². The van der Waals surface area contributed by atoms with Gasteiger partial charge in [0.15, 0.2) is 0 Å². The molecule has 100 heavy (non-hydrogen) atoms. The Kier molecular flexibility index (Phi) is 58.4. The van der Waals surface area contributed by atoms with Crippen molar-refractivity contribution in [2.75, 3.05) is 0 Å². The van der Waals surface area contributed by atoms with Crippen LogP contribution in [0, 0.1) is 0 Å². The fraction of sp³-hybridized carbons (Fsp3) is 0.500. The normalized spacial score (nSPS) is 10.5. The molecule has 8 rings (SSSR count). The first-order chi connectivity index (χ1) is 48.2. The molecule has 8 nitrogen and oxygen atoms in total. The van der Waals surface area contributed by atoms with Crippen LogP contribution in [0.2, 0.25) is 0 Å². The van der Waals surface area contributed by atoms with Crippen molar-refractivity contribution >= 4 is 77.4 Å². The molecule has 8 heteroatoms. The highest BCUT2D eigenvalue weighted by molar-refractivity contribution is 6.07. The minimum Gasteiger partial charge on any atom is -0.307 e. The lowest BCUT2D eigenvalue weighted by Gasteiger charge is -2.13. The summed E-state index contributed by atoms with van der Waals surface area (Å²) in [5.41, 5.74) is 28.3. The lowest BCUT2D eigenvalue weighted by Crippen LogP contribution is -2.18. The molecule has 0 bridgehead atoms. The smallest absolute Gasteiger partial charge is 0.0674 e. The summed E-state index contributed by atoms with van der Waals surface area (Å²) in [6.45, 7) is 74.1. The average molecular weight is 1370 g/mol. The summed E-state index contributed by atoms with van der Waals surface area (Å²) in [6.07, 6.45) is 8.32. The topological polar surface area (TPSA) is 98.2 Å².